The van der Waals surface area contributed by atoms with Crippen LogP contribution in [0.15, 0.2) is 81.9 Å². The van der Waals surface area contributed by atoms with E-state index in [9.17, 15) is 30.9 Å². The number of amides is 1. The van der Waals surface area contributed by atoms with Crippen molar-refractivity contribution in [1.29, 1.82) is 0 Å². The van der Waals surface area contributed by atoms with Crippen molar-refractivity contribution in [3.05, 3.63) is 77.9 Å². The van der Waals surface area contributed by atoms with E-state index < -0.39 is 38.5 Å². The number of fused-ring (bicyclic) bond motifs is 1. The van der Waals surface area contributed by atoms with Crippen molar-refractivity contribution in [3.8, 4) is 11.1 Å². The van der Waals surface area contributed by atoms with Crippen LogP contribution in [0.1, 0.15) is 11.1 Å². The van der Waals surface area contributed by atoms with Crippen LogP contribution in [0, 0.1) is 13.8 Å². The minimum atomic E-state index is -5.22. The van der Waals surface area contributed by atoms with Crippen LogP contribution in [0.2, 0.25) is 0 Å². The average Bonchev–Trinajstić information content (AvgIpc) is 2.84. The summed E-state index contributed by atoms with van der Waals surface area (Å²) in [6, 6.07) is 17.1. The van der Waals surface area contributed by atoms with E-state index in [0.717, 1.165) is 22.8 Å². The topological polar surface area (TPSA) is 134 Å². The molecule has 0 saturated heterocycles. The molecule has 38 heavy (non-hydrogen) atoms. The molecule has 4 N–H and O–H groups in total. The molecule has 0 heterocycles. The SMILES string of the molecule is Cc1cc(-c2ccc(/N=N/c3cc(S(=O)(=O)O)c4ccccc4c3NC(=O)C(F)(F)F)c(C)c2)ccc1N. The van der Waals surface area contributed by atoms with Gasteiger partial charge in [-0.25, -0.2) is 0 Å². The van der Waals surface area contributed by atoms with Crippen LogP contribution < -0.4 is 11.1 Å². The molecule has 4 rings (SSSR count). The van der Waals surface area contributed by atoms with E-state index in [-0.39, 0.29) is 10.8 Å². The second-order valence-electron chi connectivity index (χ2n) is 8.51. The third-order valence-electron chi connectivity index (χ3n) is 5.83. The summed E-state index contributed by atoms with van der Waals surface area (Å²) in [4.78, 5) is 11.2. The lowest BCUT2D eigenvalue weighted by molar-refractivity contribution is -0.167. The van der Waals surface area contributed by atoms with Crippen molar-refractivity contribution in [2.45, 2.75) is 24.9 Å². The Morgan fingerprint density at radius 2 is 1.45 bits per heavy atom. The fraction of sp³-hybridized carbons (Fsp3) is 0.115. The molecule has 0 fully saturated rings. The minimum Gasteiger partial charge on any atom is -0.399 e. The predicted octanol–water partition coefficient (Wildman–Crippen LogP) is 6.87. The van der Waals surface area contributed by atoms with Gasteiger partial charge >= 0.3 is 12.1 Å². The van der Waals surface area contributed by atoms with Crippen molar-refractivity contribution < 1.29 is 30.9 Å². The maximum atomic E-state index is 13.1. The number of aryl methyl sites for hydroxylation is 2. The van der Waals surface area contributed by atoms with Crippen molar-refractivity contribution in [2.75, 3.05) is 11.1 Å². The Morgan fingerprint density at radius 3 is 2.03 bits per heavy atom. The zero-order chi connectivity index (χ0) is 27.8. The van der Waals surface area contributed by atoms with E-state index in [1.807, 2.05) is 25.1 Å². The van der Waals surface area contributed by atoms with E-state index >= 15 is 0 Å². The van der Waals surface area contributed by atoms with Gasteiger partial charge in [0.1, 0.15) is 10.6 Å². The molecule has 0 aliphatic heterocycles. The maximum Gasteiger partial charge on any atom is 0.471 e. The number of anilines is 2. The summed E-state index contributed by atoms with van der Waals surface area (Å²) in [7, 11) is -4.81. The summed E-state index contributed by atoms with van der Waals surface area (Å²) >= 11 is 0. The third-order valence-corrected chi connectivity index (χ3v) is 6.72. The smallest absolute Gasteiger partial charge is 0.399 e. The Hall–Kier alpha value is -4.29. The number of benzene rings is 4. The van der Waals surface area contributed by atoms with Crippen molar-refractivity contribution in [1.82, 2.24) is 0 Å². The normalized spacial score (nSPS) is 12.3. The van der Waals surface area contributed by atoms with Crippen LogP contribution in [-0.2, 0) is 14.9 Å². The first-order valence-electron chi connectivity index (χ1n) is 11.1. The van der Waals surface area contributed by atoms with Crippen molar-refractivity contribution >= 4 is 49.5 Å². The lowest BCUT2D eigenvalue weighted by Crippen LogP contribution is -2.30. The van der Waals surface area contributed by atoms with Gasteiger partial charge in [-0.15, -0.1) is 5.11 Å². The zero-order valence-corrected chi connectivity index (χ0v) is 20.9. The second-order valence-corrected chi connectivity index (χ2v) is 9.90. The van der Waals surface area contributed by atoms with Gasteiger partial charge in [0, 0.05) is 16.5 Å². The Morgan fingerprint density at radius 1 is 0.868 bits per heavy atom. The van der Waals surface area contributed by atoms with Crippen molar-refractivity contribution in [2.24, 2.45) is 10.2 Å². The predicted molar refractivity (Wildman–Crippen MR) is 138 cm³/mol. The van der Waals surface area contributed by atoms with E-state index in [1.54, 1.807) is 30.4 Å². The molecule has 4 aromatic carbocycles. The molecule has 0 radical (unpaired) electrons. The molecule has 8 nitrogen and oxygen atoms in total. The van der Waals surface area contributed by atoms with Gasteiger partial charge in [-0.05, 0) is 66.4 Å². The van der Waals surface area contributed by atoms with Crippen LogP contribution in [0.25, 0.3) is 21.9 Å². The van der Waals surface area contributed by atoms with Gasteiger partial charge in [-0.2, -0.15) is 26.7 Å². The fourth-order valence-electron chi connectivity index (χ4n) is 3.85. The van der Waals surface area contributed by atoms with E-state index in [0.29, 0.717) is 16.9 Å². The number of rotatable bonds is 5. The first-order valence-corrected chi connectivity index (χ1v) is 12.5. The number of hydrogen-bond acceptors (Lipinski definition) is 6. The van der Waals surface area contributed by atoms with Crippen LogP contribution >= 0.6 is 0 Å². The molecule has 4 aromatic rings. The maximum absolute atomic E-state index is 13.1. The van der Waals surface area contributed by atoms with Gasteiger partial charge in [-0.3, -0.25) is 9.35 Å². The van der Waals surface area contributed by atoms with Crippen molar-refractivity contribution in [3.63, 3.8) is 0 Å². The minimum absolute atomic E-state index is 0.0834. The van der Waals surface area contributed by atoms with Gasteiger partial charge in [0.25, 0.3) is 10.1 Å². The van der Waals surface area contributed by atoms with E-state index in [1.165, 1.54) is 24.3 Å². The van der Waals surface area contributed by atoms with Gasteiger partial charge in [0.15, 0.2) is 0 Å². The monoisotopic (exact) mass is 542 g/mol. The van der Waals surface area contributed by atoms with Crippen LogP contribution in [0.5, 0.6) is 0 Å². The molecule has 0 aromatic heterocycles. The first-order chi connectivity index (χ1) is 17.8. The number of carbonyl (C=O) groups excluding carboxylic acids is 1. The number of hydrogen-bond donors (Lipinski definition) is 3. The number of azo groups is 1. The molecule has 12 heteroatoms. The highest BCUT2D eigenvalue weighted by molar-refractivity contribution is 7.86. The molecule has 0 aliphatic carbocycles. The molecule has 1 amide bonds. The molecule has 0 saturated carbocycles. The van der Waals surface area contributed by atoms with Gasteiger partial charge in [-0.1, -0.05) is 36.4 Å². The van der Waals surface area contributed by atoms with Gasteiger partial charge in [0.05, 0.1) is 11.4 Å². The summed E-state index contributed by atoms with van der Waals surface area (Å²) in [5.74, 6) is -2.28. The van der Waals surface area contributed by atoms with Crippen LogP contribution in [0.3, 0.4) is 0 Å². The zero-order valence-electron chi connectivity index (χ0n) is 20.0. The summed E-state index contributed by atoms with van der Waals surface area (Å²) < 4.78 is 73.0. The van der Waals surface area contributed by atoms with Gasteiger partial charge in [0.2, 0.25) is 0 Å². The Balaban J connectivity index is 1.83. The third kappa shape index (κ3) is 5.50. The molecule has 0 spiro atoms. The Bertz CT molecular complexity index is 1720. The average molecular weight is 543 g/mol. The first kappa shape index (κ1) is 26.8. The standard InChI is InChI=1S/C26H21F3N4O4S/c1-14-11-16(7-9-20(14)30)17-8-10-21(15(2)12-17)32-33-22-13-23(38(35,36)37)18-5-3-4-6-19(18)24(22)31-25(34)26(27,28)29/h3-13H,30H2,1-2H3,(H,31,34)(H,35,36,37)/b33-32+. The largest absolute Gasteiger partial charge is 0.471 e. The summed E-state index contributed by atoms with van der Waals surface area (Å²) in [5.41, 5.74) is 9.42. The molecular formula is C26H21F3N4O4S. The number of carbonyl (C=O) groups is 1. The number of nitrogens with two attached hydrogens (primary N) is 1. The van der Waals surface area contributed by atoms with Crippen LogP contribution in [-0.4, -0.2) is 25.1 Å². The number of alkyl halides is 3. The molecular weight excluding hydrogens is 521 g/mol. The molecule has 0 atom stereocenters. The quantitative estimate of drug-likeness (QED) is 0.144. The number of nitrogens with one attached hydrogen (secondary N) is 1. The summed E-state index contributed by atoms with van der Waals surface area (Å²) in [5, 5.41) is 9.64. The molecule has 0 aliphatic rings. The van der Waals surface area contributed by atoms with E-state index in [4.69, 9.17) is 5.73 Å². The number of halogens is 3. The lowest BCUT2D eigenvalue weighted by atomic mass is 10.0. The molecule has 0 unspecified atom stereocenters. The molecule has 0 bridgehead atoms. The Kier molecular flexibility index (Phi) is 6.96. The highest BCUT2D eigenvalue weighted by atomic mass is 32.2. The van der Waals surface area contributed by atoms with Gasteiger partial charge < -0.3 is 11.1 Å². The highest BCUT2D eigenvalue weighted by Crippen LogP contribution is 2.40. The summed E-state index contributed by atoms with van der Waals surface area (Å²) in [6.45, 7) is 3.63. The summed E-state index contributed by atoms with van der Waals surface area (Å²) in [6.07, 6.45) is -5.22. The van der Waals surface area contributed by atoms with E-state index in [2.05, 4.69) is 10.2 Å². The Labute approximate surface area is 215 Å². The fourth-order valence-corrected chi connectivity index (χ4v) is 4.56. The lowest BCUT2D eigenvalue weighted by Gasteiger charge is -2.15. The number of nitrogens with zero attached hydrogens (tertiary/aromatic N) is 2. The number of nitrogen functional groups attached to an aromatic ring is 1. The highest BCUT2D eigenvalue weighted by Gasteiger charge is 2.39. The second kappa shape index (κ2) is 9.88. The van der Waals surface area contributed by atoms with Crippen LogP contribution in [0.4, 0.5) is 35.9 Å². The molecule has 196 valence electrons.